The van der Waals surface area contributed by atoms with Crippen LogP contribution in [0.4, 0.5) is 13.6 Å². The highest BCUT2D eigenvalue weighted by Crippen LogP contribution is 2.32. The third kappa shape index (κ3) is 3.12. The Hall–Kier alpha value is -1.57. The minimum Gasteiger partial charge on any atom is -0.374 e. The summed E-state index contributed by atoms with van der Waals surface area (Å²) in [5.74, 6) is -1.21. The molecule has 114 valence electrons. The van der Waals surface area contributed by atoms with Gasteiger partial charge in [0.25, 0.3) is 6.43 Å². The van der Waals surface area contributed by atoms with Gasteiger partial charge in [0.15, 0.2) is 0 Å². The second-order valence-corrected chi connectivity index (χ2v) is 4.47. The van der Waals surface area contributed by atoms with Crippen molar-refractivity contribution in [1.82, 2.24) is 10.2 Å². The minimum absolute atomic E-state index is 0.160. The quantitative estimate of drug-likeness (QED) is 0.564. The first-order valence-electron chi connectivity index (χ1n) is 6.42. The number of imide groups is 2. The first-order chi connectivity index (χ1) is 9.39. The van der Waals surface area contributed by atoms with Crippen LogP contribution in [0.5, 0.6) is 0 Å². The fourth-order valence-electron chi connectivity index (χ4n) is 2.14. The highest BCUT2D eigenvalue weighted by Gasteiger charge is 2.51. The van der Waals surface area contributed by atoms with Crippen LogP contribution in [0.25, 0.3) is 0 Å². The molecule has 0 unspecified atom stereocenters. The third-order valence-corrected chi connectivity index (χ3v) is 3.46. The van der Waals surface area contributed by atoms with Crippen LogP contribution >= 0.6 is 0 Å². The predicted octanol–water partition coefficient (Wildman–Crippen LogP) is 1.15. The number of nitrogens with zero attached hydrogens (tertiary/aromatic N) is 1. The minimum atomic E-state index is -2.60. The molecule has 1 N–H and O–H groups in total. The molecule has 6 nitrogen and oxygen atoms in total. The van der Waals surface area contributed by atoms with Crippen molar-refractivity contribution in [2.24, 2.45) is 5.41 Å². The van der Waals surface area contributed by atoms with Crippen LogP contribution in [-0.4, -0.2) is 48.9 Å². The van der Waals surface area contributed by atoms with Crippen molar-refractivity contribution in [3.63, 3.8) is 0 Å². The van der Waals surface area contributed by atoms with E-state index in [0.717, 1.165) is 4.90 Å². The third-order valence-electron chi connectivity index (χ3n) is 3.46. The number of hydrogen-bond acceptors (Lipinski definition) is 4. The Morgan fingerprint density at radius 2 is 1.85 bits per heavy atom. The summed E-state index contributed by atoms with van der Waals surface area (Å²) in [7, 11) is 0. The average Bonchev–Trinajstić information content (AvgIpc) is 2.38. The summed E-state index contributed by atoms with van der Waals surface area (Å²) in [6, 6.07) is -0.835. The summed E-state index contributed by atoms with van der Waals surface area (Å²) in [6.07, 6.45) is -2.08. The first kappa shape index (κ1) is 16.5. The van der Waals surface area contributed by atoms with Gasteiger partial charge in [0, 0.05) is 0 Å². The van der Waals surface area contributed by atoms with Crippen LogP contribution in [0.15, 0.2) is 0 Å². The highest BCUT2D eigenvalue weighted by atomic mass is 19.3. The standard InChI is InChI=1S/C12H18F2N2O4/c1-3-12(4-2)9(17)15-11(19)16(10(12)18)5-6-20-7-8(13)14/h8H,3-7H2,1-2H3,(H,15,17,19). The van der Waals surface area contributed by atoms with Gasteiger partial charge in [-0.2, -0.15) is 0 Å². The van der Waals surface area contributed by atoms with E-state index in [1.807, 2.05) is 0 Å². The summed E-state index contributed by atoms with van der Waals surface area (Å²) >= 11 is 0. The summed E-state index contributed by atoms with van der Waals surface area (Å²) in [6.45, 7) is 2.26. The van der Waals surface area contributed by atoms with Crippen molar-refractivity contribution in [3.05, 3.63) is 0 Å². The Balaban J connectivity index is 2.72. The monoisotopic (exact) mass is 292 g/mol. The highest BCUT2D eigenvalue weighted by molar-refractivity contribution is 6.19. The largest absolute Gasteiger partial charge is 0.374 e. The topological polar surface area (TPSA) is 75.7 Å². The molecule has 0 atom stereocenters. The molecule has 0 aromatic heterocycles. The summed E-state index contributed by atoms with van der Waals surface area (Å²) in [5.41, 5.74) is -1.27. The number of rotatable bonds is 7. The lowest BCUT2D eigenvalue weighted by molar-refractivity contribution is -0.152. The van der Waals surface area contributed by atoms with E-state index in [-0.39, 0.29) is 26.0 Å². The molecule has 1 aliphatic heterocycles. The number of amides is 4. The van der Waals surface area contributed by atoms with E-state index in [9.17, 15) is 23.2 Å². The molecule has 8 heteroatoms. The summed E-state index contributed by atoms with van der Waals surface area (Å²) < 4.78 is 28.5. The number of carbonyl (C=O) groups excluding carboxylic acids is 3. The summed E-state index contributed by atoms with van der Waals surface area (Å²) in [5, 5.41) is 2.13. The van der Waals surface area contributed by atoms with Crippen LogP contribution < -0.4 is 5.32 Å². The number of alkyl halides is 2. The Morgan fingerprint density at radius 1 is 1.25 bits per heavy atom. The smallest absolute Gasteiger partial charge is 0.330 e. The van der Waals surface area contributed by atoms with Gasteiger partial charge in [-0.05, 0) is 12.8 Å². The Bertz CT molecular complexity index is 397. The molecular formula is C12H18F2N2O4. The van der Waals surface area contributed by atoms with Crippen molar-refractivity contribution in [2.75, 3.05) is 19.8 Å². The lowest BCUT2D eigenvalue weighted by atomic mass is 9.78. The van der Waals surface area contributed by atoms with E-state index in [1.54, 1.807) is 13.8 Å². The van der Waals surface area contributed by atoms with Gasteiger partial charge in [-0.1, -0.05) is 13.8 Å². The molecule has 0 bridgehead atoms. The number of barbiturate groups is 1. The number of nitrogens with one attached hydrogen (secondary N) is 1. The molecule has 4 amide bonds. The van der Waals surface area contributed by atoms with Crippen molar-refractivity contribution < 1.29 is 27.9 Å². The van der Waals surface area contributed by atoms with E-state index in [2.05, 4.69) is 10.1 Å². The van der Waals surface area contributed by atoms with Crippen molar-refractivity contribution >= 4 is 17.8 Å². The maximum Gasteiger partial charge on any atom is 0.330 e. The van der Waals surface area contributed by atoms with Crippen LogP contribution in [-0.2, 0) is 14.3 Å². The molecule has 0 radical (unpaired) electrons. The fraction of sp³-hybridized carbons (Fsp3) is 0.750. The van der Waals surface area contributed by atoms with E-state index in [0.29, 0.717) is 0 Å². The van der Waals surface area contributed by atoms with Gasteiger partial charge < -0.3 is 4.74 Å². The zero-order valence-electron chi connectivity index (χ0n) is 11.4. The Kier molecular flexibility index (Phi) is 5.55. The van der Waals surface area contributed by atoms with Crippen LogP contribution in [0.3, 0.4) is 0 Å². The SMILES string of the molecule is CCC1(CC)C(=O)NC(=O)N(CCOCC(F)F)C1=O. The van der Waals surface area contributed by atoms with Crippen molar-refractivity contribution in [1.29, 1.82) is 0 Å². The molecule has 1 saturated heterocycles. The van der Waals surface area contributed by atoms with E-state index >= 15 is 0 Å². The Labute approximate surface area is 115 Å². The Morgan fingerprint density at radius 3 is 2.35 bits per heavy atom. The number of ether oxygens (including phenoxy) is 1. The molecule has 0 aliphatic carbocycles. The molecule has 1 aliphatic rings. The van der Waals surface area contributed by atoms with Crippen molar-refractivity contribution in [2.45, 2.75) is 33.1 Å². The van der Waals surface area contributed by atoms with Crippen molar-refractivity contribution in [3.8, 4) is 0 Å². The van der Waals surface area contributed by atoms with Crippen LogP contribution in [0.2, 0.25) is 0 Å². The number of carbonyl (C=O) groups is 3. The molecule has 20 heavy (non-hydrogen) atoms. The van der Waals surface area contributed by atoms with E-state index in [4.69, 9.17) is 0 Å². The van der Waals surface area contributed by atoms with Gasteiger partial charge >= 0.3 is 6.03 Å². The van der Waals surface area contributed by atoms with Gasteiger partial charge in [-0.25, -0.2) is 13.6 Å². The van der Waals surface area contributed by atoms with Gasteiger partial charge in [0.2, 0.25) is 11.8 Å². The van der Waals surface area contributed by atoms with E-state index < -0.39 is 36.3 Å². The second kappa shape index (κ2) is 6.74. The van der Waals surface area contributed by atoms with Gasteiger partial charge in [0.05, 0.1) is 13.2 Å². The molecule has 1 heterocycles. The molecule has 1 rings (SSSR count). The lowest BCUT2D eigenvalue weighted by Crippen LogP contribution is -2.64. The molecule has 1 fully saturated rings. The second-order valence-electron chi connectivity index (χ2n) is 4.47. The fourth-order valence-corrected chi connectivity index (χ4v) is 2.14. The first-order valence-corrected chi connectivity index (χ1v) is 6.42. The lowest BCUT2D eigenvalue weighted by Gasteiger charge is -2.38. The number of hydrogen-bond donors (Lipinski definition) is 1. The van der Waals surface area contributed by atoms with Gasteiger partial charge in [0.1, 0.15) is 12.0 Å². The molecule has 0 aromatic carbocycles. The molecule has 0 aromatic rings. The zero-order valence-corrected chi connectivity index (χ0v) is 11.4. The molecule has 0 spiro atoms. The molecular weight excluding hydrogens is 274 g/mol. The number of urea groups is 1. The normalized spacial score (nSPS) is 18.6. The zero-order chi connectivity index (χ0) is 15.3. The van der Waals surface area contributed by atoms with Gasteiger partial charge in [-0.3, -0.25) is 19.8 Å². The maximum absolute atomic E-state index is 12.3. The predicted molar refractivity (Wildman–Crippen MR) is 65.1 cm³/mol. The number of halogens is 2. The van der Waals surface area contributed by atoms with Gasteiger partial charge in [-0.15, -0.1) is 0 Å². The van der Waals surface area contributed by atoms with Crippen LogP contribution in [0, 0.1) is 5.41 Å². The average molecular weight is 292 g/mol. The van der Waals surface area contributed by atoms with Crippen LogP contribution in [0.1, 0.15) is 26.7 Å². The summed E-state index contributed by atoms with van der Waals surface area (Å²) in [4.78, 5) is 36.6. The molecule has 0 saturated carbocycles. The maximum atomic E-state index is 12.3. The van der Waals surface area contributed by atoms with E-state index in [1.165, 1.54) is 0 Å².